The summed E-state index contributed by atoms with van der Waals surface area (Å²) in [5.41, 5.74) is 3.01. The number of hydrogen-bond donors (Lipinski definition) is 2. The molecule has 1 aliphatic heterocycles. The highest BCUT2D eigenvalue weighted by Gasteiger charge is 2.28. The molecule has 6 nitrogen and oxygen atoms in total. The molecule has 6 heteroatoms. The van der Waals surface area contributed by atoms with Gasteiger partial charge in [-0.15, -0.1) is 0 Å². The van der Waals surface area contributed by atoms with Crippen LogP contribution in [0.5, 0.6) is 0 Å². The number of carbonyl (C=O) groups excluding carboxylic acids is 2. The van der Waals surface area contributed by atoms with Gasteiger partial charge < -0.3 is 10.6 Å². The molecule has 0 atom stereocenters. The smallest absolute Gasteiger partial charge is 0.238 e. The molecule has 30 heavy (non-hydrogen) atoms. The van der Waals surface area contributed by atoms with Crippen molar-refractivity contribution >= 4 is 17.5 Å². The van der Waals surface area contributed by atoms with Gasteiger partial charge in [0.15, 0.2) is 0 Å². The van der Waals surface area contributed by atoms with Crippen molar-refractivity contribution in [3.05, 3.63) is 29.3 Å². The van der Waals surface area contributed by atoms with Crippen molar-refractivity contribution in [3.63, 3.8) is 0 Å². The highest BCUT2D eigenvalue weighted by atomic mass is 16.2. The predicted molar refractivity (Wildman–Crippen MR) is 124 cm³/mol. The first kappa shape index (κ1) is 24.4. The van der Waals surface area contributed by atoms with Crippen molar-refractivity contribution in [2.24, 2.45) is 5.41 Å². The molecule has 2 amide bonds. The molecule has 0 unspecified atom stereocenters. The highest BCUT2D eigenvalue weighted by Crippen LogP contribution is 2.26. The summed E-state index contributed by atoms with van der Waals surface area (Å²) in [5.74, 6) is 0.0907. The van der Waals surface area contributed by atoms with Crippen LogP contribution in [0.3, 0.4) is 0 Å². The fraction of sp³-hybridized carbons (Fsp3) is 0.667. The average molecular weight is 417 g/mol. The van der Waals surface area contributed by atoms with Crippen molar-refractivity contribution in [1.82, 2.24) is 15.1 Å². The number of anilines is 1. The lowest BCUT2D eigenvalue weighted by Crippen LogP contribution is -2.53. The van der Waals surface area contributed by atoms with Gasteiger partial charge in [-0.2, -0.15) is 0 Å². The third-order valence-corrected chi connectivity index (χ3v) is 5.39. The molecule has 0 radical (unpaired) electrons. The van der Waals surface area contributed by atoms with E-state index in [1.807, 2.05) is 32.0 Å². The van der Waals surface area contributed by atoms with Crippen LogP contribution >= 0.6 is 0 Å². The number of benzene rings is 1. The Balaban J connectivity index is 1.75. The fourth-order valence-electron chi connectivity index (χ4n) is 4.49. The van der Waals surface area contributed by atoms with Crippen LogP contribution in [0, 0.1) is 19.3 Å². The van der Waals surface area contributed by atoms with Gasteiger partial charge in [0.05, 0.1) is 13.1 Å². The quantitative estimate of drug-likeness (QED) is 0.717. The van der Waals surface area contributed by atoms with Crippen molar-refractivity contribution in [3.8, 4) is 0 Å². The lowest BCUT2D eigenvalue weighted by Gasteiger charge is -2.36. The van der Waals surface area contributed by atoms with Crippen molar-refractivity contribution in [2.75, 3.05) is 44.6 Å². The number of aryl methyl sites for hydroxylation is 2. The topological polar surface area (TPSA) is 64.7 Å². The van der Waals surface area contributed by atoms with E-state index in [-0.39, 0.29) is 22.8 Å². The van der Waals surface area contributed by atoms with E-state index in [2.05, 4.69) is 55.1 Å². The standard InChI is InChI=1S/C24H40N4O2/c1-18-9-8-10-19(2)22(18)25-20(29)15-27-11-13-28(14-12-27)16-21(30)26-24(6,7)17-23(3,4)5/h8-10H,11-17H2,1-7H3,(H,25,29)(H,26,30). The first-order valence-corrected chi connectivity index (χ1v) is 11.0. The van der Waals surface area contributed by atoms with Crippen LogP contribution in [0.25, 0.3) is 0 Å². The summed E-state index contributed by atoms with van der Waals surface area (Å²) in [5, 5.41) is 6.24. The van der Waals surface area contributed by atoms with E-state index in [0.717, 1.165) is 49.4 Å². The molecule has 1 heterocycles. The summed E-state index contributed by atoms with van der Waals surface area (Å²) in [7, 11) is 0. The van der Waals surface area contributed by atoms with Gasteiger partial charge in [0.25, 0.3) is 0 Å². The number of nitrogens with zero attached hydrogens (tertiary/aromatic N) is 2. The molecule has 1 aromatic rings. The summed E-state index contributed by atoms with van der Waals surface area (Å²) in [6, 6.07) is 6.02. The summed E-state index contributed by atoms with van der Waals surface area (Å²) < 4.78 is 0. The van der Waals surface area contributed by atoms with Gasteiger partial charge in [-0.25, -0.2) is 0 Å². The molecule has 0 spiro atoms. The molecule has 0 saturated carbocycles. The van der Waals surface area contributed by atoms with E-state index in [4.69, 9.17) is 0 Å². The van der Waals surface area contributed by atoms with Crippen molar-refractivity contribution in [2.45, 2.75) is 60.4 Å². The van der Waals surface area contributed by atoms with Gasteiger partial charge in [-0.05, 0) is 50.7 Å². The van der Waals surface area contributed by atoms with E-state index < -0.39 is 0 Å². The lowest BCUT2D eigenvalue weighted by atomic mass is 9.82. The maximum atomic E-state index is 12.5. The average Bonchev–Trinajstić information content (AvgIpc) is 2.57. The zero-order valence-corrected chi connectivity index (χ0v) is 19.9. The normalized spacial score (nSPS) is 16.4. The van der Waals surface area contributed by atoms with Gasteiger partial charge in [0.1, 0.15) is 0 Å². The Labute approximate surface area is 182 Å². The largest absolute Gasteiger partial charge is 0.350 e. The van der Waals surface area contributed by atoms with Gasteiger partial charge in [-0.1, -0.05) is 39.0 Å². The molecule has 1 aliphatic rings. The summed E-state index contributed by atoms with van der Waals surface area (Å²) in [4.78, 5) is 29.3. The van der Waals surface area contributed by atoms with Crippen LogP contribution in [-0.2, 0) is 9.59 Å². The van der Waals surface area contributed by atoms with E-state index in [9.17, 15) is 9.59 Å². The molecule has 1 saturated heterocycles. The Hall–Kier alpha value is -1.92. The Bertz CT molecular complexity index is 724. The highest BCUT2D eigenvalue weighted by molar-refractivity contribution is 5.93. The third-order valence-electron chi connectivity index (χ3n) is 5.39. The Morgan fingerprint density at radius 1 is 0.867 bits per heavy atom. The van der Waals surface area contributed by atoms with Crippen LogP contribution in [0.4, 0.5) is 5.69 Å². The van der Waals surface area contributed by atoms with E-state index in [0.29, 0.717) is 13.1 Å². The van der Waals surface area contributed by atoms with Gasteiger partial charge in [-0.3, -0.25) is 19.4 Å². The van der Waals surface area contributed by atoms with Crippen molar-refractivity contribution in [1.29, 1.82) is 0 Å². The summed E-state index contributed by atoms with van der Waals surface area (Å²) >= 11 is 0. The molecule has 1 fully saturated rings. The SMILES string of the molecule is Cc1cccc(C)c1NC(=O)CN1CCN(CC(=O)NC(C)(C)CC(C)(C)C)CC1. The monoisotopic (exact) mass is 416 g/mol. The first-order valence-electron chi connectivity index (χ1n) is 11.0. The first-order chi connectivity index (χ1) is 13.8. The molecular weight excluding hydrogens is 376 g/mol. The van der Waals surface area contributed by atoms with Crippen LogP contribution in [0.1, 0.15) is 52.2 Å². The molecule has 0 aliphatic carbocycles. The number of piperazine rings is 1. The van der Waals surface area contributed by atoms with Gasteiger partial charge in [0.2, 0.25) is 11.8 Å². The third kappa shape index (κ3) is 8.07. The van der Waals surface area contributed by atoms with Crippen molar-refractivity contribution < 1.29 is 9.59 Å². The zero-order chi connectivity index (χ0) is 22.5. The number of rotatable bonds is 7. The second-order valence-electron chi connectivity index (χ2n) is 10.5. The fourth-order valence-corrected chi connectivity index (χ4v) is 4.49. The maximum Gasteiger partial charge on any atom is 0.238 e. The Morgan fingerprint density at radius 2 is 1.33 bits per heavy atom. The number of hydrogen-bond acceptors (Lipinski definition) is 4. The van der Waals surface area contributed by atoms with Crippen LogP contribution in [0.15, 0.2) is 18.2 Å². The van der Waals surface area contributed by atoms with Crippen LogP contribution in [0.2, 0.25) is 0 Å². The minimum Gasteiger partial charge on any atom is -0.350 e. The minimum absolute atomic E-state index is 0.0162. The second-order valence-corrected chi connectivity index (χ2v) is 10.5. The van der Waals surface area contributed by atoms with E-state index >= 15 is 0 Å². The maximum absolute atomic E-state index is 12.5. The minimum atomic E-state index is -0.219. The number of amides is 2. The summed E-state index contributed by atoms with van der Waals surface area (Å²) in [6.45, 7) is 18.7. The Morgan fingerprint density at radius 3 is 1.80 bits per heavy atom. The molecule has 1 aromatic carbocycles. The molecule has 168 valence electrons. The molecule has 2 rings (SSSR count). The van der Waals surface area contributed by atoms with Crippen LogP contribution < -0.4 is 10.6 Å². The number of para-hydroxylation sites is 1. The molecule has 0 aromatic heterocycles. The van der Waals surface area contributed by atoms with Crippen LogP contribution in [-0.4, -0.2) is 66.4 Å². The zero-order valence-electron chi connectivity index (χ0n) is 19.9. The molecular formula is C24H40N4O2. The number of nitrogens with one attached hydrogen (secondary N) is 2. The molecule has 0 bridgehead atoms. The molecule has 2 N–H and O–H groups in total. The van der Waals surface area contributed by atoms with Gasteiger partial charge in [0, 0.05) is 37.4 Å². The number of carbonyl (C=O) groups is 2. The Kier molecular flexibility index (Phi) is 8.06. The lowest BCUT2D eigenvalue weighted by molar-refractivity contribution is -0.125. The summed E-state index contributed by atoms with van der Waals surface area (Å²) in [6.07, 6.45) is 0.926. The second kappa shape index (κ2) is 9.92. The van der Waals surface area contributed by atoms with E-state index in [1.165, 1.54) is 0 Å². The van der Waals surface area contributed by atoms with Gasteiger partial charge >= 0.3 is 0 Å². The van der Waals surface area contributed by atoms with E-state index in [1.54, 1.807) is 0 Å². The predicted octanol–water partition coefficient (Wildman–Crippen LogP) is 3.19.